The highest BCUT2D eigenvalue weighted by Crippen LogP contribution is 2.38. The normalized spacial score (nSPS) is 19.6. The van der Waals surface area contributed by atoms with E-state index in [2.05, 4.69) is 492 Å². The second kappa shape index (κ2) is 62.1. The van der Waals surface area contributed by atoms with Gasteiger partial charge in [0.15, 0.2) is 0 Å². The van der Waals surface area contributed by atoms with Crippen LogP contribution in [0.4, 0.5) is 0 Å². The van der Waals surface area contributed by atoms with Crippen LogP contribution in [-0.4, -0.2) is 130 Å². The van der Waals surface area contributed by atoms with E-state index in [1.54, 1.807) is 0 Å². The largest absolute Gasteiger partial charge is 0.490 e. The minimum Gasteiger partial charge on any atom is -0.490 e. The van der Waals surface area contributed by atoms with E-state index < -0.39 is 0 Å². The van der Waals surface area contributed by atoms with Gasteiger partial charge in [0.05, 0.1) is 0 Å². The Morgan fingerprint density at radius 2 is 0.480 bits per heavy atom. The summed E-state index contributed by atoms with van der Waals surface area (Å²) in [4.78, 5) is 4.36. The van der Waals surface area contributed by atoms with Crippen LogP contribution in [0.2, 0.25) is 0 Å². The van der Waals surface area contributed by atoms with Crippen LogP contribution >= 0.6 is 0 Å². The highest BCUT2D eigenvalue weighted by molar-refractivity contribution is 5.38. The molecule has 0 spiro atoms. The molecule has 0 aliphatic heterocycles. The first-order valence-electron chi connectivity index (χ1n) is 58.3. The molecule has 7 aromatic rings. The SMILES string of the molecule is CC.CC.CC.CC.CC(C)(C)CCc1ccnc(OC2CC(NC(C)(C)C)C2)c1.CC(C)(C)Cc1cccc(OC2CC(NC(C)(C)C)C2)c1.CC(C)(C)Cc1cccc(OC2CC(NC(C)(C)C)C2)c1.CC(C)(C)NC1CC(Oc2cccc(C(C)(C)C)c2)C1.CC(C)(C)NC1CC(Oc2cccc(C(C)(C)C)c2)C1.C[C@@H](CNC(C)(C)C)Oc1cccc(C(C)(C)C)c1.C[C@H](CNC(C)(C)C)Oc1cccc(C(C)(C)C)c1. The Hall–Kier alpha value is -7.21. The van der Waals surface area contributed by atoms with Crippen LogP contribution in [0.15, 0.2) is 164 Å². The summed E-state index contributed by atoms with van der Waals surface area (Å²) in [6.45, 7) is 115. The van der Waals surface area contributed by atoms with Gasteiger partial charge in [-0.05, 0) is 405 Å². The Morgan fingerprint density at radius 3 is 0.707 bits per heavy atom. The monoisotopic (exact) mass is 2080 g/mol. The predicted octanol–water partition coefficient (Wildman–Crippen LogP) is 34.5. The summed E-state index contributed by atoms with van der Waals surface area (Å²) in [6.07, 6.45) is 19.4. The molecule has 5 fully saturated rings. The summed E-state index contributed by atoms with van der Waals surface area (Å²) in [5.74, 6) is 6.76. The molecule has 0 amide bonds. The van der Waals surface area contributed by atoms with Gasteiger partial charge in [0.1, 0.15) is 77.2 Å². The molecule has 7 N–H and O–H groups in total. The average Bonchev–Trinajstić information content (AvgIpc) is 0.829. The van der Waals surface area contributed by atoms with Crippen LogP contribution in [-0.2, 0) is 40.9 Å². The van der Waals surface area contributed by atoms with Gasteiger partial charge >= 0.3 is 0 Å². The molecule has 1 heterocycles. The van der Waals surface area contributed by atoms with Crippen molar-refractivity contribution in [2.45, 2.75) is 583 Å². The lowest BCUT2D eigenvalue weighted by atomic mass is 9.86. The highest BCUT2D eigenvalue weighted by atomic mass is 16.5. The molecule has 15 heteroatoms. The summed E-state index contributed by atoms with van der Waals surface area (Å²) in [7, 11) is 0. The van der Waals surface area contributed by atoms with E-state index >= 15 is 0 Å². The first-order chi connectivity index (χ1) is 68.7. The van der Waals surface area contributed by atoms with Crippen molar-refractivity contribution in [2.75, 3.05) is 13.1 Å². The fourth-order valence-electron chi connectivity index (χ4n) is 17.4. The van der Waals surface area contributed by atoms with Gasteiger partial charge in [0, 0.05) is 94.3 Å². The van der Waals surface area contributed by atoms with E-state index in [0.717, 1.165) is 137 Å². The summed E-state index contributed by atoms with van der Waals surface area (Å²) in [5, 5.41) is 25.1. The van der Waals surface area contributed by atoms with Crippen LogP contribution in [0.1, 0.15) is 470 Å². The molecular weight excluding hydrogens is 1850 g/mol. The lowest BCUT2D eigenvalue weighted by Gasteiger charge is -2.40. The number of hydrogen-bond acceptors (Lipinski definition) is 15. The van der Waals surface area contributed by atoms with Crippen LogP contribution in [0.25, 0.3) is 0 Å². The zero-order chi connectivity index (χ0) is 115. The number of ether oxygens (including phenoxy) is 7. The molecular formula is C135H234N8O7. The van der Waals surface area contributed by atoms with Crippen LogP contribution in [0, 0.1) is 16.2 Å². The van der Waals surface area contributed by atoms with Crippen LogP contribution in [0.3, 0.4) is 0 Å². The van der Waals surface area contributed by atoms with Crippen molar-refractivity contribution in [1.82, 2.24) is 42.2 Å². The second-order valence-corrected chi connectivity index (χ2v) is 57.1. The molecule has 150 heavy (non-hydrogen) atoms. The third-order valence-corrected chi connectivity index (χ3v) is 24.7. The Labute approximate surface area is 925 Å². The lowest BCUT2D eigenvalue weighted by Crippen LogP contribution is -2.53. The summed E-state index contributed by atoms with van der Waals surface area (Å²) in [5.41, 5.74) is 12.2. The van der Waals surface area contributed by atoms with Gasteiger partial charge in [-0.1, -0.05) is 274 Å². The minimum atomic E-state index is 0.130. The molecule has 5 saturated carbocycles. The van der Waals surface area contributed by atoms with Crippen LogP contribution < -0.4 is 70.4 Å². The molecule has 6 aromatic carbocycles. The predicted molar refractivity (Wildman–Crippen MR) is 654 cm³/mol. The number of nitrogens with one attached hydrogen (secondary N) is 7. The van der Waals surface area contributed by atoms with Crippen molar-refractivity contribution in [3.63, 3.8) is 0 Å². The second-order valence-electron chi connectivity index (χ2n) is 57.1. The van der Waals surface area contributed by atoms with Crippen molar-refractivity contribution in [3.05, 3.63) is 203 Å². The quantitative estimate of drug-likeness (QED) is 0.0260. The standard InChI is InChI=1S/C19H32N2O.2C19H31NO.2C18H29NO.2C17H29NO.4C2H6/c1-18(2,3)9-7-14-8-10-20-17(11-14)22-16-12-15(13-16)21-19(4,5)6;2*1-18(2,3)13-14-8-7-9-16(10-14)21-17-11-15(12-17)20-19(4,5)6;2*1-17(2,3)13-8-7-9-15(10-13)20-16-11-14(12-16)19-18(4,5)6;2*1-13(12-18-17(5,6)7)19-15-10-8-9-14(11-15)16(2,3)4;4*1-2/h8,10-11,15-16,21H,7,9,12-13H2,1-6H3;2*7-10,15,17,20H,11-13H2,1-6H3;2*7-10,14,16,19H,11-12H2,1-6H3;2*8-11,13,18H,12H2,1-7H3;4*1-2H3/t;;;;;2*13-;;;;/m.....10..../s1. The molecule has 0 saturated heterocycles. The molecule has 5 aliphatic rings. The maximum atomic E-state index is 6.11. The lowest BCUT2D eigenvalue weighted by molar-refractivity contribution is 0.0692. The van der Waals surface area contributed by atoms with E-state index in [0.29, 0.717) is 77.0 Å². The molecule has 856 valence electrons. The topological polar surface area (TPSA) is 162 Å². The maximum Gasteiger partial charge on any atom is 0.213 e. The fraction of sp³-hybridized carbons (Fsp3) is 0.696. The van der Waals surface area contributed by atoms with Crippen molar-refractivity contribution in [1.29, 1.82) is 0 Å². The third-order valence-electron chi connectivity index (χ3n) is 24.7. The van der Waals surface area contributed by atoms with Gasteiger partial charge in [0.2, 0.25) is 5.88 Å². The zero-order valence-corrected chi connectivity index (χ0v) is 107. The molecule has 0 bridgehead atoms. The number of aryl methyl sites for hydroxylation is 1. The number of benzene rings is 6. The Kier molecular flexibility index (Phi) is 57.5. The summed E-state index contributed by atoms with van der Waals surface area (Å²) in [6, 6.07) is 58.3. The molecule has 15 nitrogen and oxygen atoms in total. The summed E-state index contributed by atoms with van der Waals surface area (Å²) < 4.78 is 42.4. The van der Waals surface area contributed by atoms with Crippen molar-refractivity contribution in [2.24, 2.45) is 16.2 Å². The molecule has 12 rings (SSSR count). The zero-order valence-electron chi connectivity index (χ0n) is 107. The Bertz CT molecular complexity index is 4530. The van der Waals surface area contributed by atoms with Crippen LogP contribution in [0.5, 0.6) is 40.4 Å². The van der Waals surface area contributed by atoms with Gasteiger partial charge < -0.3 is 70.4 Å². The molecule has 5 aliphatic carbocycles. The number of hydrogen-bond donors (Lipinski definition) is 7. The number of aromatic nitrogens is 1. The number of nitrogens with zero attached hydrogens (tertiary/aromatic N) is 1. The van der Waals surface area contributed by atoms with Gasteiger partial charge in [-0.25, -0.2) is 4.98 Å². The number of rotatable bonds is 27. The molecule has 0 radical (unpaired) electrons. The smallest absolute Gasteiger partial charge is 0.213 e. The Balaban J connectivity index is 0.000000584. The minimum absolute atomic E-state index is 0.130. The van der Waals surface area contributed by atoms with Crippen molar-refractivity contribution in [3.8, 4) is 40.4 Å². The van der Waals surface area contributed by atoms with Crippen molar-refractivity contribution >= 4 is 0 Å². The van der Waals surface area contributed by atoms with E-state index in [-0.39, 0.29) is 72.6 Å². The van der Waals surface area contributed by atoms with E-state index in [4.69, 9.17) is 33.2 Å². The van der Waals surface area contributed by atoms with E-state index in [1.807, 2.05) is 73.7 Å². The van der Waals surface area contributed by atoms with Crippen molar-refractivity contribution < 1.29 is 33.2 Å². The van der Waals surface area contributed by atoms with E-state index in [9.17, 15) is 0 Å². The van der Waals surface area contributed by atoms with Gasteiger partial charge in [-0.15, -0.1) is 0 Å². The fourth-order valence-corrected chi connectivity index (χ4v) is 17.4. The molecule has 2 atom stereocenters. The first-order valence-corrected chi connectivity index (χ1v) is 58.3. The molecule has 1 aromatic heterocycles. The third kappa shape index (κ3) is 63.7. The van der Waals surface area contributed by atoms with Gasteiger partial charge in [-0.2, -0.15) is 0 Å². The first kappa shape index (κ1) is 139. The molecule has 0 unspecified atom stereocenters. The van der Waals surface area contributed by atoms with E-state index in [1.165, 1.54) is 45.4 Å². The number of pyridine rings is 1. The maximum absolute atomic E-state index is 6.11. The summed E-state index contributed by atoms with van der Waals surface area (Å²) >= 11 is 0. The van der Waals surface area contributed by atoms with Gasteiger partial charge in [-0.3, -0.25) is 0 Å². The highest BCUT2D eigenvalue weighted by Gasteiger charge is 2.39. The Morgan fingerprint density at radius 1 is 0.253 bits per heavy atom. The van der Waals surface area contributed by atoms with Gasteiger partial charge in [0.25, 0.3) is 0 Å². The average molecular weight is 2080 g/mol.